The van der Waals surface area contributed by atoms with Gasteiger partial charge in [-0.3, -0.25) is 0 Å². The zero-order valence-electron chi connectivity index (χ0n) is 40.1. The second-order valence-corrected chi connectivity index (χ2v) is 19.2. The van der Waals surface area contributed by atoms with Gasteiger partial charge < -0.3 is 4.90 Å². The largest absolute Gasteiger partial charge is 0.311 e. The van der Waals surface area contributed by atoms with Crippen LogP contribution in [0.1, 0.15) is 0 Å². The molecule has 0 saturated carbocycles. The van der Waals surface area contributed by atoms with Gasteiger partial charge in [0, 0.05) is 17.1 Å². The van der Waals surface area contributed by atoms with Gasteiger partial charge in [0.15, 0.2) is 0 Å². The van der Waals surface area contributed by atoms with Gasteiger partial charge in [-0.1, -0.05) is 224 Å². The van der Waals surface area contributed by atoms with Crippen LogP contribution >= 0.6 is 0 Å². The van der Waals surface area contributed by atoms with E-state index in [-0.39, 0.29) is 0 Å². The highest BCUT2D eigenvalue weighted by molar-refractivity contribution is 6.24. The van der Waals surface area contributed by atoms with E-state index in [0.29, 0.717) is 0 Å². The molecule has 0 fully saturated rings. The average Bonchev–Trinajstić information content (AvgIpc) is 3.47. The molecule has 0 aliphatic carbocycles. The first kappa shape index (κ1) is 42.3. The first-order chi connectivity index (χ1) is 36.2. The van der Waals surface area contributed by atoms with Crippen LogP contribution in [-0.4, -0.2) is 0 Å². The Bertz CT molecular complexity index is 4320. The lowest BCUT2D eigenvalue weighted by Gasteiger charge is -2.25. The highest BCUT2D eigenvalue weighted by atomic mass is 15.1. The van der Waals surface area contributed by atoms with E-state index in [1.165, 1.54) is 120 Å². The van der Waals surface area contributed by atoms with Crippen molar-refractivity contribution in [3.63, 3.8) is 0 Å². The van der Waals surface area contributed by atoms with Crippen LogP contribution in [0.25, 0.3) is 120 Å². The van der Waals surface area contributed by atoms with E-state index >= 15 is 0 Å². The number of benzene rings is 14. The number of para-hydroxylation sites is 2. The summed E-state index contributed by atoms with van der Waals surface area (Å²) < 4.78 is 0. The Labute approximate surface area is 425 Å². The van der Waals surface area contributed by atoms with E-state index in [1.54, 1.807) is 0 Å². The summed E-state index contributed by atoms with van der Waals surface area (Å²) in [6, 6.07) is 105. The lowest BCUT2D eigenvalue weighted by atomic mass is 9.83. The monoisotopic (exact) mass is 925 g/mol. The Kier molecular flexibility index (Phi) is 10.3. The maximum absolute atomic E-state index is 2.45. The standard InChI is InChI=1S/C72H47N/c1-3-24-58(25-4-1)73(59-26-5-2-6-27-59)60-41-38-50(39-42-60)69-61-28-11-13-30-63(61)70(64-31-14-12-29-62(64)69)55-23-17-22-53(46-55)54-40-43-67-68(47-54)72(57-37-35-49-19-8-10-21-52(49)45-57)66-33-16-15-32-65(66)71(67)56-36-34-48-18-7-9-20-51(48)44-56/h1-47H. The van der Waals surface area contributed by atoms with E-state index in [2.05, 4.69) is 290 Å². The smallest absolute Gasteiger partial charge is 0.0462 e. The third-order valence-corrected chi connectivity index (χ3v) is 15.0. The molecule has 0 heterocycles. The van der Waals surface area contributed by atoms with Gasteiger partial charge in [-0.05, 0) is 181 Å². The molecule has 0 N–H and O–H groups in total. The number of rotatable bonds is 8. The van der Waals surface area contributed by atoms with Crippen LogP contribution in [0.5, 0.6) is 0 Å². The van der Waals surface area contributed by atoms with Crippen LogP contribution in [0.3, 0.4) is 0 Å². The van der Waals surface area contributed by atoms with Crippen molar-refractivity contribution in [2.45, 2.75) is 0 Å². The van der Waals surface area contributed by atoms with Gasteiger partial charge in [-0.25, -0.2) is 0 Å². The quantitative estimate of drug-likeness (QED) is 0.137. The van der Waals surface area contributed by atoms with Gasteiger partial charge in [0.05, 0.1) is 0 Å². The molecule has 0 spiro atoms. The molecule has 0 atom stereocenters. The summed E-state index contributed by atoms with van der Waals surface area (Å²) in [5, 5.41) is 14.9. The summed E-state index contributed by atoms with van der Waals surface area (Å²) in [4.78, 5) is 2.32. The molecule has 0 aliphatic heterocycles. The topological polar surface area (TPSA) is 3.24 Å². The van der Waals surface area contributed by atoms with Crippen molar-refractivity contribution in [3.05, 3.63) is 285 Å². The number of anilines is 3. The summed E-state index contributed by atoms with van der Waals surface area (Å²) in [7, 11) is 0. The maximum atomic E-state index is 2.45. The van der Waals surface area contributed by atoms with Crippen molar-refractivity contribution < 1.29 is 0 Å². The van der Waals surface area contributed by atoms with Crippen molar-refractivity contribution in [1.29, 1.82) is 0 Å². The van der Waals surface area contributed by atoms with Crippen molar-refractivity contribution in [1.82, 2.24) is 0 Å². The van der Waals surface area contributed by atoms with Crippen LogP contribution in [0.2, 0.25) is 0 Å². The number of fused-ring (bicyclic) bond motifs is 6. The van der Waals surface area contributed by atoms with Gasteiger partial charge >= 0.3 is 0 Å². The van der Waals surface area contributed by atoms with E-state index in [4.69, 9.17) is 0 Å². The molecule has 0 aromatic heterocycles. The Morgan fingerprint density at radius 1 is 0.164 bits per heavy atom. The highest BCUT2D eigenvalue weighted by Gasteiger charge is 2.21. The molecule has 14 rings (SSSR count). The first-order valence-electron chi connectivity index (χ1n) is 25.2. The van der Waals surface area contributed by atoms with Crippen LogP contribution in [0, 0.1) is 0 Å². The number of hydrogen-bond acceptors (Lipinski definition) is 1. The predicted molar refractivity (Wildman–Crippen MR) is 313 cm³/mol. The number of nitrogens with zero attached hydrogens (tertiary/aromatic N) is 1. The Hall–Kier alpha value is -9.56. The van der Waals surface area contributed by atoms with Crippen LogP contribution in [-0.2, 0) is 0 Å². The minimum Gasteiger partial charge on any atom is -0.311 e. The predicted octanol–water partition coefficient (Wildman–Crippen LogP) is 20.4. The third kappa shape index (κ3) is 7.33. The molecule has 340 valence electrons. The zero-order valence-corrected chi connectivity index (χ0v) is 40.1. The zero-order chi connectivity index (χ0) is 48.2. The van der Waals surface area contributed by atoms with Gasteiger partial charge in [-0.2, -0.15) is 0 Å². The molecular weight excluding hydrogens is 879 g/mol. The fourth-order valence-corrected chi connectivity index (χ4v) is 11.7. The fourth-order valence-electron chi connectivity index (χ4n) is 11.7. The first-order valence-corrected chi connectivity index (χ1v) is 25.2. The maximum Gasteiger partial charge on any atom is 0.0462 e. The Balaban J connectivity index is 0.939. The van der Waals surface area contributed by atoms with Gasteiger partial charge in [0.1, 0.15) is 0 Å². The van der Waals surface area contributed by atoms with Crippen LogP contribution < -0.4 is 4.90 Å². The molecule has 0 amide bonds. The van der Waals surface area contributed by atoms with E-state index < -0.39 is 0 Å². The highest BCUT2D eigenvalue weighted by Crippen LogP contribution is 2.48. The van der Waals surface area contributed by atoms with Crippen molar-refractivity contribution in [2.24, 2.45) is 0 Å². The average molecular weight is 926 g/mol. The molecule has 0 unspecified atom stereocenters. The second-order valence-electron chi connectivity index (χ2n) is 19.2. The summed E-state index contributed by atoms with van der Waals surface area (Å²) in [6.07, 6.45) is 0. The molecule has 0 bridgehead atoms. The minimum absolute atomic E-state index is 1.11. The molecule has 0 radical (unpaired) electrons. The van der Waals surface area contributed by atoms with Crippen LogP contribution in [0.4, 0.5) is 17.1 Å². The van der Waals surface area contributed by atoms with Crippen LogP contribution in [0.15, 0.2) is 285 Å². The van der Waals surface area contributed by atoms with Gasteiger partial charge in [0.25, 0.3) is 0 Å². The van der Waals surface area contributed by atoms with Gasteiger partial charge in [-0.15, -0.1) is 0 Å². The SMILES string of the molecule is c1ccc(N(c2ccccc2)c2ccc(-c3c4ccccc4c(-c4cccc(-c5ccc6c(-c7ccc8ccccc8c7)c7ccccc7c(-c7ccc8ccccc8c7)c6c5)c4)c4ccccc34)cc2)cc1. The van der Waals surface area contributed by atoms with Crippen molar-refractivity contribution in [2.75, 3.05) is 4.90 Å². The van der Waals surface area contributed by atoms with Crippen molar-refractivity contribution in [3.8, 4) is 55.6 Å². The number of hydrogen-bond donors (Lipinski definition) is 0. The molecule has 1 heteroatoms. The molecular formula is C72H47N. The van der Waals surface area contributed by atoms with Gasteiger partial charge in [0.2, 0.25) is 0 Å². The molecule has 0 aliphatic rings. The molecule has 0 saturated heterocycles. The fraction of sp³-hybridized carbons (Fsp3) is 0. The normalized spacial score (nSPS) is 11.6. The lowest BCUT2D eigenvalue weighted by molar-refractivity contribution is 1.28. The minimum atomic E-state index is 1.11. The molecule has 73 heavy (non-hydrogen) atoms. The Morgan fingerprint density at radius 3 is 0.986 bits per heavy atom. The summed E-state index contributed by atoms with van der Waals surface area (Å²) in [5.41, 5.74) is 15.5. The third-order valence-electron chi connectivity index (χ3n) is 15.0. The van der Waals surface area contributed by atoms with E-state index in [0.717, 1.165) is 17.1 Å². The summed E-state index contributed by atoms with van der Waals surface area (Å²) in [5.74, 6) is 0. The summed E-state index contributed by atoms with van der Waals surface area (Å²) >= 11 is 0. The Morgan fingerprint density at radius 2 is 0.493 bits per heavy atom. The summed E-state index contributed by atoms with van der Waals surface area (Å²) in [6.45, 7) is 0. The second kappa shape index (κ2) is 17.7. The van der Waals surface area contributed by atoms with Crippen molar-refractivity contribution >= 4 is 81.7 Å². The lowest BCUT2D eigenvalue weighted by Crippen LogP contribution is -2.09. The molecule has 14 aromatic rings. The molecule has 1 nitrogen and oxygen atoms in total. The van der Waals surface area contributed by atoms with E-state index in [1.807, 2.05) is 0 Å². The van der Waals surface area contributed by atoms with E-state index in [9.17, 15) is 0 Å². The molecule has 14 aromatic carbocycles.